The third-order valence-corrected chi connectivity index (χ3v) is 4.63. The summed E-state index contributed by atoms with van der Waals surface area (Å²) >= 11 is 0. The van der Waals surface area contributed by atoms with Gasteiger partial charge in [0.2, 0.25) is 5.91 Å². The van der Waals surface area contributed by atoms with Gasteiger partial charge in [-0.05, 0) is 25.7 Å². The number of hydrogen-bond acceptors (Lipinski definition) is 3. The standard InChI is InChI=1S/C16H30N2O3/c1-4-12(3)15(16(20)21)17-11-14(19)18(5-2)13-9-7-6-8-10-13/h12-13,15,17H,4-11H2,1-3H3,(H,20,21)/t12-,15-/m0/s1. The van der Waals surface area contributed by atoms with E-state index in [1.165, 1.54) is 19.3 Å². The van der Waals surface area contributed by atoms with Crippen molar-refractivity contribution in [3.05, 3.63) is 0 Å². The van der Waals surface area contributed by atoms with Crippen LogP contribution in [0.3, 0.4) is 0 Å². The Morgan fingerprint density at radius 2 is 1.86 bits per heavy atom. The van der Waals surface area contributed by atoms with E-state index in [1.54, 1.807) is 0 Å². The molecule has 2 atom stereocenters. The lowest BCUT2D eigenvalue weighted by Gasteiger charge is -2.34. The number of amides is 1. The second-order valence-corrected chi connectivity index (χ2v) is 6.05. The summed E-state index contributed by atoms with van der Waals surface area (Å²) in [5.41, 5.74) is 0. The number of nitrogens with one attached hydrogen (secondary N) is 1. The lowest BCUT2D eigenvalue weighted by Crippen LogP contribution is -2.50. The van der Waals surface area contributed by atoms with Gasteiger partial charge in [-0.1, -0.05) is 39.5 Å². The van der Waals surface area contributed by atoms with Crippen LogP contribution in [0.1, 0.15) is 59.3 Å². The highest BCUT2D eigenvalue weighted by Crippen LogP contribution is 2.22. The van der Waals surface area contributed by atoms with Crippen LogP contribution in [0.4, 0.5) is 0 Å². The Morgan fingerprint density at radius 1 is 1.24 bits per heavy atom. The van der Waals surface area contributed by atoms with E-state index in [4.69, 9.17) is 0 Å². The van der Waals surface area contributed by atoms with Gasteiger partial charge in [-0.3, -0.25) is 14.9 Å². The zero-order valence-electron chi connectivity index (χ0n) is 13.6. The molecule has 0 aromatic rings. The molecule has 1 aliphatic carbocycles. The summed E-state index contributed by atoms with van der Waals surface area (Å²) in [6, 6.07) is -0.311. The average Bonchev–Trinajstić information content (AvgIpc) is 2.48. The Kier molecular flexibility index (Phi) is 7.72. The van der Waals surface area contributed by atoms with Gasteiger partial charge in [-0.25, -0.2) is 0 Å². The van der Waals surface area contributed by atoms with E-state index in [9.17, 15) is 14.7 Å². The molecule has 0 saturated heterocycles. The molecule has 0 bridgehead atoms. The molecule has 2 N–H and O–H groups in total. The van der Waals surface area contributed by atoms with Gasteiger partial charge >= 0.3 is 5.97 Å². The molecule has 0 aromatic carbocycles. The predicted molar refractivity (Wildman–Crippen MR) is 83.1 cm³/mol. The van der Waals surface area contributed by atoms with E-state index in [-0.39, 0.29) is 18.4 Å². The van der Waals surface area contributed by atoms with Gasteiger partial charge in [0, 0.05) is 12.6 Å². The van der Waals surface area contributed by atoms with Gasteiger partial charge < -0.3 is 10.0 Å². The number of hydrogen-bond donors (Lipinski definition) is 2. The fourth-order valence-corrected chi connectivity index (χ4v) is 3.10. The number of carboxylic acid groups (broad SMARTS) is 1. The molecule has 0 aliphatic heterocycles. The minimum atomic E-state index is -0.877. The normalized spacial score (nSPS) is 19.0. The molecule has 5 heteroatoms. The van der Waals surface area contributed by atoms with E-state index < -0.39 is 12.0 Å². The fourth-order valence-electron chi connectivity index (χ4n) is 3.10. The van der Waals surface area contributed by atoms with Gasteiger partial charge in [-0.15, -0.1) is 0 Å². The highest BCUT2D eigenvalue weighted by molar-refractivity contribution is 5.80. The Morgan fingerprint density at radius 3 is 2.33 bits per heavy atom. The Labute approximate surface area is 128 Å². The third-order valence-electron chi connectivity index (χ3n) is 4.63. The van der Waals surface area contributed by atoms with Gasteiger partial charge in [0.05, 0.1) is 6.54 Å². The molecule has 0 spiro atoms. The first-order valence-electron chi connectivity index (χ1n) is 8.26. The summed E-state index contributed by atoms with van der Waals surface area (Å²) in [5.74, 6) is -0.836. The number of aliphatic carboxylic acids is 1. The molecule has 0 unspecified atom stereocenters. The van der Waals surface area contributed by atoms with Crippen molar-refractivity contribution in [2.45, 2.75) is 71.4 Å². The molecule has 1 aliphatic rings. The molecule has 0 aromatic heterocycles. The van der Waals surface area contributed by atoms with Gasteiger partial charge in [0.15, 0.2) is 0 Å². The van der Waals surface area contributed by atoms with E-state index >= 15 is 0 Å². The highest BCUT2D eigenvalue weighted by Gasteiger charge is 2.27. The SMILES string of the molecule is CC[C@H](C)[C@H](NCC(=O)N(CC)C1CCCCC1)C(=O)O. The number of carboxylic acids is 1. The number of carbonyl (C=O) groups excluding carboxylic acids is 1. The number of rotatable bonds is 8. The molecule has 1 saturated carbocycles. The van der Waals surface area contributed by atoms with Gasteiger partial charge in [0.25, 0.3) is 0 Å². The van der Waals surface area contributed by atoms with E-state index in [0.717, 1.165) is 19.3 Å². The molecule has 1 rings (SSSR count). The van der Waals surface area contributed by atoms with Crippen molar-refractivity contribution >= 4 is 11.9 Å². The Bertz CT molecular complexity index is 340. The fraction of sp³-hybridized carbons (Fsp3) is 0.875. The van der Waals surface area contributed by atoms with E-state index in [0.29, 0.717) is 12.6 Å². The lowest BCUT2D eigenvalue weighted by atomic mass is 9.94. The van der Waals surface area contributed by atoms with Crippen LogP contribution in [0.15, 0.2) is 0 Å². The minimum absolute atomic E-state index is 0.0139. The second-order valence-electron chi connectivity index (χ2n) is 6.05. The first-order valence-corrected chi connectivity index (χ1v) is 8.26. The molecular weight excluding hydrogens is 268 g/mol. The molecule has 5 nitrogen and oxygen atoms in total. The smallest absolute Gasteiger partial charge is 0.320 e. The zero-order valence-corrected chi connectivity index (χ0v) is 13.6. The summed E-state index contributed by atoms with van der Waals surface area (Å²) in [7, 11) is 0. The van der Waals surface area contributed by atoms with Gasteiger partial charge in [0.1, 0.15) is 6.04 Å². The quantitative estimate of drug-likeness (QED) is 0.721. The van der Waals surface area contributed by atoms with Crippen LogP contribution in [-0.2, 0) is 9.59 Å². The molecule has 1 fully saturated rings. The third kappa shape index (κ3) is 5.30. The van der Waals surface area contributed by atoms with Crippen molar-refractivity contribution in [2.24, 2.45) is 5.92 Å². The van der Waals surface area contributed by atoms with Crippen molar-refractivity contribution in [3.63, 3.8) is 0 Å². The summed E-state index contributed by atoms with van der Waals surface area (Å²) in [4.78, 5) is 25.6. The van der Waals surface area contributed by atoms with Crippen LogP contribution in [0.5, 0.6) is 0 Å². The van der Waals surface area contributed by atoms with Crippen LogP contribution >= 0.6 is 0 Å². The monoisotopic (exact) mass is 298 g/mol. The maximum Gasteiger partial charge on any atom is 0.320 e. The first-order chi connectivity index (χ1) is 10.0. The lowest BCUT2D eigenvalue weighted by molar-refractivity contribution is -0.141. The highest BCUT2D eigenvalue weighted by atomic mass is 16.4. The average molecular weight is 298 g/mol. The second kappa shape index (κ2) is 9.03. The number of carbonyl (C=O) groups is 2. The van der Waals surface area contributed by atoms with Crippen LogP contribution in [0.2, 0.25) is 0 Å². The Balaban J connectivity index is 2.54. The minimum Gasteiger partial charge on any atom is -0.480 e. The molecule has 0 heterocycles. The van der Waals surface area contributed by atoms with Crippen LogP contribution in [0, 0.1) is 5.92 Å². The summed E-state index contributed by atoms with van der Waals surface area (Å²) in [6.45, 7) is 6.67. The molecule has 21 heavy (non-hydrogen) atoms. The molecule has 122 valence electrons. The van der Waals surface area contributed by atoms with Crippen molar-refractivity contribution in [1.82, 2.24) is 10.2 Å². The first kappa shape index (κ1) is 18.0. The van der Waals surface area contributed by atoms with Crippen molar-refractivity contribution in [3.8, 4) is 0 Å². The van der Waals surface area contributed by atoms with Crippen LogP contribution in [-0.4, -0.2) is 47.1 Å². The molecule has 0 radical (unpaired) electrons. The van der Waals surface area contributed by atoms with Crippen molar-refractivity contribution < 1.29 is 14.7 Å². The zero-order chi connectivity index (χ0) is 15.8. The van der Waals surface area contributed by atoms with Crippen molar-refractivity contribution in [1.29, 1.82) is 0 Å². The molecule has 1 amide bonds. The topological polar surface area (TPSA) is 69.6 Å². The number of nitrogens with zero attached hydrogens (tertiary/aromatic N) is 1. The van der Waals surface area contributed by atoms with E-state index in [2.05, 4.69) is 5.32 Å². The largest absolute Gasteiger partial charge is 0.480 e. The number of likely N-dealkylation sites (N-methyl/N-ethyl adjacent to an activating group) is 1. The molecular formula is C16H30N2O3. The maximum atomic E-state index is 12.4. The predicted octanol–water partition coefficient (Wildman–Crippen LogP) is 2.26. The summed E-state index contributed by atoms with van der Waals surface area (Å²) in [5, 5.41) is 12.2. The van der Waals surface area contributed by atoms with Crippen LogP contribution in [0.25, 0.3) is 0 Å². The van der Waals surface area contributed by atoms with Crippen LogP contribution < -0.4 is 5.32 Å². The van der Waals surface area contributed by atoms with Gasteiger partial charge in [-0.2, -0.15) is 0 Å². The summed E-state index contributed by atoms with van der Waals surface area (Å²) < 4.78 is 0. The maximum absolute atomic E-state index is 12.4. The Hall–Kier alpha value is -1.10. The van der Waals surface area contributed by atoms with E-state index in [1.807, 2.05) is 25.7 Å². The summed E-state index contributed by atoms with van der Waals surface area (Å²) in [6.07, 6.45) is 6.56. The van der Waals surface area contributed by atoms with Crippen molar-refractivity contribution in [2.75, 3.05) is 13.1 Å².